The molecular formula is C23H28N4O3. The van der Waals surface area contributed by atoms with E-state index < -0.39 is 0 Å². The molecule has 4 rings (SSSR count). The Bertz CT molecular complexity index is 1050. The van der Waals surface area contributed by atoms with Crippen molar-refractivity contribution in [3.05, 3.63) is 41.1 Å². The van der Waals surface area contributed by atoms with Crippen LogP contribution in [0.5, 0.6) is 0 Å². The van der Waals surface area contributed by atoms with Crippen molar-refractivity contribution in [1.29, 1.82) is 0 Å². The van der Waals surface area contributed by atoms with Crippen LogP contribution in [0.2, 0.25) is 0 Å². The number of hydrogen-bond donors (Lipinski definition) is 0. The van der Waals surface area contributed by atoms with E-state index in [1.807, 2.05) is 24.3 Å². The van der Waals surface area contributed by atoms with Crippen LogP contribution in [0.15, 0.2) is 28.8 Å². The maximum Gasteiger partial charge on any atom is 0.310 e. The first kappa shape index (κ1) is 20.3. The topological polar surface area (TPSA) is 83.0 Å². The molecule has 1 aromatic carbocycles. The van der Waals surface area contributed by atoms with Gasteiger partial charge in [-0.2, -0.15) is 10.1 Å². The highest BCUT2D eigenvalue weighted by atomic mass is 16.5. The van der Waals surface area contributed by atoms with Crippen molar-refractivity contribution in [2.75, 3.05) is 6.61 Å². The van der Waals surface area contributed by atoms with Gasteiger partial charge in [0.25, 0.3) is 5.89 Å². The van der Waals surface area contributed by atoms with Crippen molar-refractivity contribution in [1.82, 2.24) is 19.9 Å². The summed E-state index contributed by atoms with van der Waals surface area (Å²) in [5, 5.41) is 8.95. The van der Waals surface area contributed by atoms with Gasteiger partial charge in [-0.15, -0.1) is 0 Å². The highest BCUT2D eigenvalue weighted by Crippen LogP contribution is 2.39. The maximum atomic E-state index is 11.6. The lowest BCUT2D eigenvalue weighted by Gasteiger charge is -2.30. The van der Waals surface area contributed by atoms with Crippen LogP contribution in [-0.4, -0.2) is 32.5 Å². The van der Waals surface area contributed by atoms with Gasteiger partial charge in [0, 0.05) is 23.4 Å². The van der Waals surface area contributed by atoms with Gasteiger partial charge in [-0.1, -0.05) is 43.3 Å². The van der Waals surface area contributed by atoms with Gasteiger partial charge in [-0.05, 0) is 44.1 Å². The van der Waals surface area contributed by atoms with E-state index in [1.54, 1.807) is 6.92 Å². The fourth-order valence-electron chi connectivity index (χ4n) is 4.02. The average Bonchev–Trinajstić information content (AvgIpc) is 3.32. The van der Waals surface area contributed by atoms with Crippen LogP contribution in [0.3, 0.4) is 0 Å². The van der Waals surface area contributed by atoms with Crippen molar-refractivity contribution in [2.45, 2.75) is 59.9 Å². The molecule has 0 spiro atoms. The zero-order valence-corrected chi connectivity index (χ0v) is 18.1. The number of aromatic nitrogens is 4. The first-order valence-electron chi connectivity index (χ1n) is 10.6. The predicted molar refractivity (Wildman–Crippen MR) is 113 cm³/mol. The Morgan fingerprint density at radius 2 is 2.00 bits per heavy atom. The average molecular weight is 409 g/mol. The molecule has 0 saturated heterocycles. The van der Waals surface area contributed by atoms with Crippen molar-refractivity contribution in [3.8, 4) is 23.0 Å². The zero-order chi connectivity index (χ0) is 21.3. The number of fused-ring (bicyclic) bond motifs is 1. The molecule has 0 atom stereocenters. The maximum absolute atomic E-state index is 11.6. The minimum Gasteiger partial charge on any atom is -0.466 e. The summed E-state index contributed by atoms with van der Waals surface area (Å²) in [6.07, 6.45) is 3.35. The number of nitrogens with zero attached hydrogens (tertiary/aromatic N) is 4. The molecule has 2 heterocycles. The summed E-state index contributed by atoms with van der Waals surface area (Å²) in [6.45, 7) is 9.73. The van der Waals surface area contributed by atoms with E-state index >= 15 is 0 Å². The summed E-state index contributed by atoms with van der Waals surface area (Å²) in [6, 6.07) is 7.56. The molecule has 7 heteroatoms. The molecule has 0 bridgehead atoms. The van der Waals surface area contributed by atoms with Gasteiger partial charge in [0.05, 0.1) is 13.0 Å². The molecule has 0 fully saturated rings. The first-order valence-corrected chi connectivity index (χ1v) is 10.6. The molecule has 0 amide bonds. The van der Waals surface area contributed by atoms with Crippen LogP contribution in [0.4, 0.5) is 0 Å². The minimum atomic E-state index is -0.230. The van der Waals surface area contributed by atoms with Crippen LogP contribution in [0.25, 0.3) is 23.0 Å². The lowest BCUT2D eigenvalue weighted by atomic mass is 9.76. The molecule has 158 valence electrons. The number of ether oxygens (including phenoxy) is 1. The van der Waals surface area contributed by atoms with Crippen LogP contribution >= 0.6 is 0 Å². The number of carbonyl (C=O) groups is 1. The van der Waals surface area contributed by atoms with Crippen molar-refractivity contribution >= 4 is 5.97 Å². The third-order valence-corrected chi connectivity index (χ3v) is 5.66. The number of esters is 1. The Morgan fingerprint density at radius 1 is 1.23 bits per heavy atom. The van der Waals surface area contributed by atoms with Gasteiger partial charge >= 0.3 is 5.97 Å². The van der Waals surface area contributed by atoms with Crippen molar-refractivity contribution in [2.24, 2.45) is 5.41 Å². The lowest BCUT2D eigenvalue weighted by molar-refractivity contribution is -0.142. The van der Waals surface area contributed by atoms with E-state index in [-0.39, 0.29) is 17.8 Å². The molecule has 0 N–H and O–H groups in total. The molecule has 1 aliphatic rings. The van der Waals surface area contributed by atoms with Crippen LogP contribution in [0.1, 0.15) is 50.9 Å². The third kappa shape index (κ3) is 4.01. The normalized spacial score (nSPS) is 15.1. The molecule has 1 aliphatic carbocycles. The third-order valence-electron chi connectivity index (χ3n) is 5.66. The number of rotatable bonds is 6. The highest BCUT2D eigenvalue weighted by molar-refractivity contribution is 5.73. The molecule has 2 aromatic heterocycles. The number of carbonyl (C=O) groups excluding carboxylic acids is 1. The summed E-state index contributed by atoms with van der Waals surface area (Å²) in [5.41, 5.74) is 5.33. The fraction of sp³-hybridized carbons (Fsp3) is 0.478. The van der Waals surface area contributed by atoms with E-state index in [1.165, 1.54) is 11.3 Å². The molecule has 30 heavy (non-hydrogen) atoms. The second-order valence-corrected chi connectivity index (χ2v) is 8.53. The molecule has 0 unspecified atom stereocenters. The van der Waals surface area contributed by atoms with Crippen LogP contribution < -0.4 is 0 Å². The van der Waals surface area contributed by atoms with Gasteiger partial charge in [-0.3, -0.25) is 9.48 Å². The Kier molecular flexibility index (Phi) is 5.45. The second-order valence-electron chi connectivity index (χ2n) is 8.53. The van der Waals surface area contributed by atoms with E-state index in [2.05, 4.69) is 35.6 Å². The van der Waals surface area contributed by atoms with Crippen molar-refractivity contribution < 1.29 is 14.1 Å². The highest BCUT2D eigenvalue weighted by Gasteiger charge is 2.32. The lowest BCUT2D eigenvalue weighted by Crippen LogP contribution is -2.24. The number of hydrogen-bond acceptors (Lipinski definition) is 6. The van der Waals surface area contributed by atoms with Crippen molar-refractivity contribution in [3.63, 3.8) is 0 Å². The van der Waals surface area contributed by atoms with E-state index in [0.717, 1.165) is 42.6 Å². The number of benzene rings is 1. The second kappa shape index (κ2) is 8.05. The van der Waals surface area contributed by atoms with Crippen LogP contribution in [0, 0.1) is 5.41 Å². The molecule has 0 saturated carbocycles. The summed E-state index contributed by atoms with van der Waals surface area (Å²) < 4.78 is 12.7. The van der Waals surface area contributed by atoms with Gasteiger partial charge in [0.2, 0.25) is 5.82 Å². The quantitative estimate of drug-likeness (QED) is 0.567. The molecular weight excluding hydrogens is 380 g/mol. The molecule has 3 aromatic rings. The van der Waals surface area contributed by atoms with Crippen LogP contribution in [-0.2, 0) is 35.3 Å². The van der Waals surface area contributed by atoms with Gasteiger partial charge in [-0.25, -0.2) is 0 Å². The monoisotopic (exact) mass is 408 g/mol. The van der Waals surface area contributed by atoms with E-state index in [0.29, 0.717) is 18.3 Å². The Hall–Kier alpha value is -2.96. The minimum absolute atomic E-state index is 0.230. The van der Waals surface area contributed by atoms with E-state index in [4.69, 9.17) is 14.4 Å². The molecule has 7 nitrogen and oxygen atoms in total. The first-order chi connectivity index (χ1) is 14.4. The smallest absolute Gasteiger partial charge is 0.310 e. The summed E-state index contributed by atoms with van der Waals surface area (Å²) in [7, 11) is 0. The van der Waals surface area contributed by atoms with Gasteiger partial charge in [0.1, 0.15) is 0 Å². The summed E-state index contributed by atoms with van der Waals surface area (Å²) >= 11 is 0. The largest absolute Gasteiger partial charge is 0.466 e. The Balaban J connectivity index is 1.58. The summed E-state index contributed by atoms with van der Waals surface area (Å²) in [5.74, 6) is 0.749. The number of aryl methyl sites for hydroxylation is 1. The Labute approximate surface area is 176 Å². The SMILES string of the molecule is CCOC(=O)Cc1ccc(-c2noc(-c3nn(CC)c4c3CCC(C)(C)C4)n2)cc1. The van der Waals surface area contributed by atoms with Gasteiger partial charge in [0.15, 0.2) is 5.69 Å². The molecule has 0 aliphatic heterocycles. The zero-order valence-electron chi connectivity index (χ0n) is 18.1. The standard InChI is InChI=1S/C23H28N4O3/c1-5-27-18-14-23(3,4)12-11-17(18)20(25-27)22-24-21(26-30-22)16-9-7-15(8-10-16)13-19(28)29-6-2/h7-10H,5-6,11-14H2,1-4H3. The fourth-order valence-corrected chi connectivity index (χ4v) is 4.02. The summed E-state index contributed by atoms with van der Waals surface area (Å²) in [4.78, 5) is 16.3. The molecule has 0 radical (unpaired) electrons. The Morgan fingerprint density at radius 3 is 2.70 bits per heavy atom. The van der Waals surface area contributed by atoms with Gasteiger partial charge < -0.3 is 9.26 Å². The van der Waals surface area contributed by atoms with E-state index in [9.17, 15) is 4.79 Å². The predicted octanol–water partition coefficient (Wildman–Crippen LogP) is 4.24.